The Morgan fingerprint density at radius 1 is 1.80 bits per heavy atom. The van der Waals surface area contributed by atoms with E-state index >= 15 is 0 Å². The monoisotopic (exact) mass is 250 g/mol. The Morgan fingerprint density at radius 3 is 2.93 bits per heavy atom. The summed E-state index contributed by atoms with van der Waals surface area (Å²) < 4.78 is 0.325. The number of thiazole rings is 1. The first-order valence-electron chi connectivity index (χ1n) is 4.24. The highest BCUT2D eigenvalue weighted by Gasteiger charge is 2.15. The lowest BCUT2D eigenvalue weighted by molar-refractivity contribution is -0.00708. The van der Waals surface area contributed by atoms with Gasteiger partial charge in [0.25, 0.3) is 5.91 Å². The van der Waals surface area contributed by atoms with Crippen molar-refractivity contribution < 1.29 is 14.7 Å². The van der Waals surface area contributed by atoms with Crippen LogP contribution < -0.4 is 5.48 Å². The number of nitrogens with zero attached hydrogens (tertiary/aromatic N) is 1. The van der Waals surface area contributed by atoms with Gasteiger partial charge >= 0.3 is 0 Å². The maximum atomic E-state index is 11.4. The molecule has 2 N–H and O–H groups in total. The van der Waals surface area contributed by atoms with Crippen molar-refractivity contribution in [1.82, 2.24) is 10.5 Å². The summed E-state index contributed by atoms with van der Waals surface area (Å²) in [7, 11) is 0. The number of carbonyl (C=O) groups excluding carboxylic acids is 1. The standard InChI is InChI=1S/C8H11ClN2O3S/c1-4(12)3-14-11-8(13)6-7(9)15-5(2)10-6/h4,12H,3H2,1-2H3,(H,11,13)/t4-/m1/s1. The van der Waals surface area contributed by atoms with Crippen LogP contribution in [0.2, 0.25) is 4.34 Å². The molecule has 7 heteroatoms. The second kappa shape index (κ2) is 5.41. The topological polar surface area (TPSA) is 71.5 Å². The quantitative estimate of drug-likeness (QED) is 0.787. The summed E-state index contributed by atoms with van der Waals surface area (Å²) in [5.41, 5.74) is 2.29. The minimum absolute atomic E-state index is 0.0203. The number of amides is 1. The summed E-state index contributed by atoms with van der Waals surface area (Å²) in [5.74, 6) is -0.509. The Bertz CT molecular complexity index is 354. The molecule has 0 unspecified atom stereocenters. The Labute approximate surface area is 96.0 Å². The first kappa shape index (κ1) is 12.4. The lowest BCUT2D eigenvalue weighted by Gasteiger charge is -2.05. The molecule has 0 aliphatic carbocycles. The zero-order valence-electron chi connectivity index (χ0n) is 8.28. The third kappa shape index (κ3) is 3.75. The van der Waals surface area contributed by atoms with Gasteiger partial charge in [0.2, 0.25) is 0 Å². The van der Waals surface area contributed by atoms with E-state index in [9.17, 15) is 4.79 Å². The van der Waals surface area contributed by atoms with Crippen LogP contribution in [0.5, 0.6) is 0 Å². The van der Waals surface area contributed by atoms with Crippen molar-refractivity contribution >= 4 is 28.8 Å². The Kier molecular flexibility index (Phi) is 4.46. The molecular weight excluding hydrogens is 240 g/mol. The van der Waals surface area contributed by atoms with Crippen LogP contribution in [0, 0.1) is 6.92 Å². The van der Waals surface area contributed by atoms with Crippen LogP contribution in [-0.4, -0.2) is 28.7 Å². The molecule has 0 aliphatic heterocycles. The van der Waals surface area contributed by atoms with Gasteiger partial charge in [-0.25, -0.2) is 10.5 Å². The number of hydroxylamine groups is 1. The molecule has 84 valence electrons. The largest absolute Gasteiger partial charge is 0.391 e. The van der Waals surface area contributed by atoms with Crippen LogP contribution in [-0.2, 0) is 4.84 Å². The third-order valence-corrected chi connectivity index (χ3v) is 2.57. The van der Waals surface area contributed by atoms with Crippen molar-refractivity contribution in [3.8, 4) is 0 Å². The molecule has 15 heavy (non-hydrogen) atoms. The van der Waals surface area contributed by atoms with E-state index in [0.29, 0.717) is 9.34 Å². The molecule has 0 aromatic carbocycles. The SMILES string of the molecule is Cc1nc(C(=O)NOC[C@@H](C)O)c(Cl)s1. The fourth-order valence-corrected chi connectivity index (χ4v) is 1.91. The average molecular weight is 251 g/mol. The van der Waals surface area contributed by atoms with Gasteiger partial charge in [-0.15, -0.1) is 11.3 Å². The van der Waals surface area contributed by atoms with E-state index in [1.54, 1.807) is 13.8 Å². The van der Waals surface area contributed by atoms with Crippen molar-refractivity contribution in [1.29, 1.82) is 0 Å². The Morgan fingerprint density at radius 2 is 2.47 bits per heavy atom. The van der Waals surface area contributed by atoms with Gasteiger partial charge in [-0.1, -0.05) is 11.6 Å². The lowest BCUT2D eigenvalue weighted by Crippen LogP contribution is -2.27. The highest BCUT2D eigenvalue weighted by molar-refractivity contribution is 7.16. The van der Waals surface area contributed by atoms with Gasteiger partial charge < -0.3 is 5.11 Å². The van der Waals surface area contributed by atoms with Crippen molar-refractivity contribution in [2.75, 3.05) is 6.61 Å². The van der Waals surface area contributed by atoms with Gasteiger partial charge in [-0.05, 0) is 13.8 Å². The van der Waals surface area contributed by atoms with Crippen LogP contribution in [0.3, 0.4) is 0 Å². The van der Waals surface area contributed by atoms with Gasteiger partial charge in [0.05, 0.1) is 11.1 Å². The predicted octanol–water partition coefficient (Wildman–Crippen LogP) is 1.15. The number of halogens is 1. The van der Waals surface area contributed by atoms with Gasteiger partial charge in [0.1, 0.15) is 10.9 Å². The number of carbonyl (C=O) groups is 1. The molecule has 1 aromatic heterocycles. The molecule has 0 radical (unpaired) electrons. The summed E-state index contributed by atoms with van der Waals surface area (Å²) in [6, 6.07) is 0. The number of rotatable bonds is 4. The van der Waals surface area contributed by atoms with E-state index < -0.39 is 12.0 Å². The van der Waals surface area contributed by atoms with Crippen LogP contribution in [0.4, 0.5) is 0 Å². The van der Waals surface area contributed by atoms with Crippen LogP contribution in [0.1, 0.15) is 22.4 Å². The summed E-state index contributed by atoms with van der Waals surface area (Å²) in [6.45, 7) is 3.32. The van der Waals surface area contributed by atoms with E-state index in [0.717, 1.165) is 0 Å². The van der Waals surface area contributed by atoms with E-state index in [2.05, 4.69) is 10.5 Å². The fraction of sp³-hybridized carbons (Fsp3) is 0.500. The lowest BCUT2D eigenvalue weighted by atomic mass is 10.4. The van der Waals surface area contributed by atoms with Crippen molar-refractivity contribution in [2.45, 2.75) is 20.0 Å². The maximum Gasteiger partial charge on any atom is 0.295 e. The summed E-state index contributed by atoms with van der Waals surface area (Å²) in [4.78, 5) is 20.1. The van der Waals surface area contributed by atoms with Crippen LogP contribution in [0.15, 0.2) is 0 Å². The third-order valence-electron chi connectivity index (χ3n) is 1.40. The highest BCUT2D eigenvalue weighted by Crippen LogP contribution is 2.23. The number of hydrogen-bond donors (Lipinski definition) is 2. The van der Waals surface area contributed by atoms with Crippen molar-refractivity contribution in [3.05, 3.63) is 15.0 Å². The van der Waals surface area contributed by atoms with E-state index in [1.807, 2.05) is 0 Å². The summed E-state index contributed by atoms with van der Waals surface area (Å²) in [6.07, 6.45) is -0.641. The first-order valence-corrected chi connectivity index (χ1v) is 5.43. The van der Waals surface area contributed by atoms with Gasteiger partial charge in [-0.3, -0.25) is 9.63 Å². The van der Waals surface area contributed by atoms with Crippen LogP contribution >= 0.6 is 22.9 Å². The number of aryl methyl sites for hydroxylation is 1. The van der Waals surface area contributed by atoms with Crippen molar-refractivity contribution in [3.63, 3.8) is 0 Å². The Hall–Kier alpha value is -0.690. The molecule has 1 rings (SSSR count). The summed E-state index contributed by atoms with van der Waals surface area (Å²) >= 11 is 7.00. The first-order chi connectivity index (χ1) is 7.00. The molecule has 5 nitrogen and oxygen atoms in total. The zero-order chi connectivity index (χ0) is 11.4. The van der Waals surface area contributed by atoms with Gasteiger partial charge in [0.15, 0.2) is 5.69 Å². The molecule has 1 atom stereocenters. The maximum absolute atomic E-state index is 11.4. The second-order valence-corrected chi connectivity index (χ2v) is 4.75. The zero-order valence-corrected chi connectivity index (χ0v) is 9.85. The minimum Gasteiger partial charge on any atom is -0.391 e. The Balaban J connectivity index is 2.50. The highest BCUT2D eigenvalue weighted by atomic mass is 35.5. The van der Waals surface area contributed by atoms with E-state index in [1.165, 1.54) is 11.3 Å². The molecule has 1 heterocycles. The number of aliphatic hydroxyl groups excluding tert-OH is 1. The number of aromatic nitrogens is 1. The van der Waals surface area contributed by atoms with Crippen LogP contribution in [0.25, 0.3) is 0 Å². The second-order valence-electron chi connectivity index (χ2n) is 2.95. The number of nitrogens with one attached hydrogen (secondary N) is 1. The molecule has 0 aliphatic rings. The van der Waals surface area contributed by atoms with E-state index in [4.69, 9.17) is 21.5 Å². The molecule has 0 saturated heterocycles. The van der Waals surface area contributed by atoms with E-state index in [-0.39, 0.29) is 12.3 Å². The number of hydrogen-bond acceptors (Lipinski definition) is 5. The molecule has 0 fully saturated rings. The van der Waals surface area contributed by atoms with Gasteiger partial charge in [0, 0.05) is 0 Å². The molecule has 0 saturated carbocycles. The van der Waals surface area contributed by atoms with Crippen molar-refractivity contribution in [2.24, 2.45) is 0 Å². The molecular formula is C8H11ClN2O3S. The summed E-state index contributed by atoms with van der Waals surface area (Å²) in [5, 5.41) is 9.59. The fourth-order valence-electron chi connectivity index (χ4n) is 0.818. The molecule has 0 spiro atoms. The normalized spacial score (nSPS) is 12.5. The minimum atomic E-state index is -0.641. The average Bonchev–Trinajstić information content (AvgIpc) is 2.44. The van der Waals surface area contributed by atoms with Gasteiger partial charge in [-0.2, -0.15) is 0 Å². The molecule has 0 bridgehead atoms. The molecule has 1 aromatic rings. The predicted molar refractivity (Wildman–Crippen MR) is 57.0 cm³/mol. The number of aliphatic hydroxyl groups is 1. The molecule has 1 amide bonds. The smallest absolute Gasteiger partial charge is 0.295 e.